The molecule has 3 rings (SSSR count). The third-order valence-electron chi connectivity index (χ3n) is 7.44. The average Bonchev–Trinajstić information content (AvgIpc) is 3.03. The fraction of sp³-hybridized carbons (Fsp3) is 0.423. The van der Waals surface area contributed by atoms with Crippen molar-refractivity contribution in [3.63, 3.8) is 0 Å². The number of hydrogen-bond acceptors (Lipinski definition) is 4. The molecule has 188 valence electrons. The molecule has 3 N–H and O–H groups in total. The molecule has 7 nitrogen and oxygen atoms in total. The van der Waals surface area contributed by atoms with Crippen molar-refractivity contribution in [3.05, 3.63) is 63.6 Å². The van der Waals surface area contributed by atoms with Crippen LogP contribution in [0.3, 0.4) is 0 Å². The topological polar surface area (TPSA) is 113 Å². The lowest BCUT2D eigenvalue weighted by Crippen LogP contribution is -2.49. The maximum Gasteiger partial charge on any atom is 0.326 e. The van der Waals surface area contributed by atoms with Gasteiger partial charge in [-0.25, -0.2) is 4.79 Å². The minimum atomic E-state index is -1.16. The monoisotopic (exact) mass is 521 g/mol. The number of hydrogen-bond donors (Lipinski definition) is 3. The first kappa shape index (κ1) is 26.8. The molecule has 1 aliphatic carbocycles. The summed E-state index contributed by atoms with van der Waals surface area (Å²) in [5, 5.41) is 23.0. The van der Waals surface area contributed by atoms with Crippen LogP contribution >= 0.6 is 23.2 Å². The number of benzene rings is 2. The third-order valence-corrected chi connectivity index (χ3v) is 8.15. The van der Waals surface area contributed by atoms with Crippen LogP contribution in [0.15, 0.2) is 42.5 Å². The predicted octanol–water partition coefficient (Wildman–Crippen LogP) is 5.21. The van der Waals surface area contributed by atoms with Gasteiger partial charge in [-0.3, -0.25) is 9.59 Å². The first-order chi connectivity index (χ1) is 16.4. The SMILES string of the molecule is CC1(C(=O)O)CCC(C(=O)NC(Cc2ccc(OCc3c(Cl)cccc3Cl)cc2)C(=O)O)C1(C)C. The highest BCUT2D eigenvalue weighted by molar-refractivity contribution is 6.35. The van der Waals surface area contributed by atoms with Crippen LogP contribution in [0.5, 0.6) is 5.75 Å². The van der Waals surface area contributed by atoms with E-state index in [1.165, 1.54) is 0 Å². The second kappa shape index (κ2) is 10.5. The van der Waals surface area contributed by atoms with Crippen LogP contribution in [-0.4, -0.2) is 34.1 Å². The number of aliphatic carboxylic acids is 2. The molecule has 2 aromatic carbocycles. The van der Waals surface area contributed by atoms with Crippen molar-refractivity contribution in [1.82, 2.24) is 5.32 Å². The molecule has 0 saturated heterocycles. The number of rotatable bonds is 9. The lowest BCUT2D eigenvalue weighted by atomic mass is 9.65. The van der Waals surface area contributed by atoms with E-state index < -0.39 is 40.6 Å². The number of halogens is 2. The van der Waals surface area contributed by atoms with E-state index in [2.05, 4.69) is 5.32 Å². The van der Waals surface area contributed by atoms with Gasteiger partial charge in [0.1, 0.15) is 18.4 Å². The standard InChI is InChI=1S/C26H29Cl2NO6/c1-25(2)18(11-12-26(25,3)24(33)34)22(30)29-21(23(31)32)13-15-7-9-16(10-8-15)35-14-17-19(27)5-4-6-20(17)28/h4-10,18,21H,11-14H2,1-3H3,(H,29,30)(H,31,32)(H,33,34). The van der Waals surface area contributed by atoms with Crippen LogP contribution in [0.4, 0.5) is 0 Å². The summed E-state index contributed by atoms with van der Waals surface area (Å²) >= 11 is 12.3. The number of carboxylic acids is 2. The molecule has 1 amide bonds. The van der Waals surface area contributed by atoms with E-state index in [4.69, 9.17) is 27.9 Å². The number of nitrogens with one attached hydrogen (secondary N) is 1. The molecular formula is C26H29Cl2NO6. The molecule has 0 aliphatic heterocycles. The third kappa shape index (κ3) is 5.57. The lowest BCUT2D eigenvalue weighted by Gasteiger charge is -2.38. The zero-order valence-corrected chi connectivity index (χ0v) is 21.3. The molecule has 0 radical (unpaired) electrons. The number of amides is 1. The summed E-state index contributed by atoms with van der Waals surface area (Å²) in [4.78, 5) is 36.7. The zero-order valence-electron chi connectivity index (χ0n) is 19.8. The number of ether oxygens (including phenoxy) is 1. The molecule has 0 spiro atoms. The molecule has 3 unspecified atom stereocenters. The lowest BCUT2D eigenvalue weighted by molar-refractivity contribution is -0.155. The highest BCUT2D eigenvalue weighted by Gasteiger charge is 2.58. The van der Waals surface area contributed by atoms with Crippen molar-refractivity contribution < 1.29 is 29.3 Å². The van der Waals surface area contributed by atoms with Crippen LogP contribution in [0.2, 0.25) is 10.0 Å². The van der Waals surface area contributed by atoms with Crippen molar-refractivity contribution in [2.45, 2.75) is 52.7 Å². The molecule has 0 bridgehead atoms. The molecule has 1 fully saturated rings. The van der Waals surface area contributed by atoms with E-state index in [0.717, 1.165) is 0 Å². The van der Waals surface area contributed by atoms with Gasteiger partial charge in [0.15, 0.2) is 0 Å². The average molecular weight is 522 g/mol. The van der Waals surface area contributed by atoms with E-state index in [9.17, 15) is 24.6 Å². The Morgan fingerprint density at radius 1 is 1.06 bits per heavy atom. The second-order valence-electron chi connectivity index (χ2n) is 9.69. The normalized spacial score (nSPS) is 21.8. The maximum absolute atomic E-state index is 13.0. The number of carboxylic acid groups (broad SMARTS) is 2. The van der Waals surface area contributed by atoms with Crippen LogP contribution in [0.25, 0.3) is 0 Å². The van der Waals surface area contributed by atoms with Gasteiger partial charge in [-0.1, -0.05) is 55.2 Å². The van der Waals surface area contributed by atoms with Crippen LogP contribution in [0.1, 0.15) is 44.7 Å². The smallest absolute Gasteiger partial charge is 0.326 e. The van der Waals surface area contributed by atoms with E-state index >= 15 is 0 Å². The molecule has 35 heavy (non-hydrogen) atoms. The summed E-state index contributed by atoms with van der Waals surface area (Å²) < 4.78 is 5.75. The van der Waals surface area contributed by atoms with Crippen molar-refractivity contribution in [2.75, 3.05) is 0 Å². The van der Waals surface area contributed by atoms with Gasteiger partial charge in [0.25, 0.3) is 0 Å². The Hall–Kier alpha value is -2.77. The van der Waals surface area contributed by atoms with Gasteiger partial charge in [0, 0.05) is 27.9 Å². The van der Waals surface area contributed by atoms with Crippen molar-refractivity contribution in [3.8, 4) is 5.75 Å². The molecular weight excluding hydrogens is 493 g/mol. The largest absolute Gasteiger partial charge is 0.489 e. The van der Waals surface area contributed by atoms with E-state index in [-0.39, 0.29) is 13.0 Å². The highest BCUT2D eigenvalue weighted by Crippen LogP contribution is 2.56. The van der Waals surface area contributed by atoms with Gasteiger partial charge in [0.05, 0.1) is 5.41 Å². The van der Waals surface area contributed by atoms with Crippen LogP contribution in [-0.2, 0) is 27.4 Å². The minimum absolute atomic E-state index is 0.0705. The van der Waals surface area contributed by atoms with E-state index in [0.29, 0.717) is 39.8 Å². The van der Waals surface area contributed by atoms with Crippen molar-refractivity contribution in [2.24, 2.45) is 16.7 Å². The summed E-state index contributed by atoms with van der Waals surface area (Å²) in [5.74, 6) is -2.60. The van der Waals surface area contributed by atoms with Crippen molar-refractivity contribution in [1.29, 1.82) is 0 Å². The highest BCUT2D eigenvalue weighted by atomic mass is 35.5. The van der Waals surface area contributed by atoms with E-state index in [1.807, 2.05) is 0 Å². The second-order valence-corrected chi connectivity index (χ2v) is 10.5. The summed E-state index contributed by atoms with van der Waals surface area (Å²) in [5.41, 5.74) is -0.517. The summed E-state index contributed by atoms with van der Waals surface area (Å²) in [6.45, 7) is 5.32. The van der Waals surface area contributed by atoms with E-state index in [1.54, 1.807) is 63.2 Å². The summed E-state index contributed by atoms with van der Waals surface area (Å²) in [6.07, 6.45) is 0.808. The van der Waals surface area contributed by atoms with Crippen LogP contribution in [0, 0.1) is 16.7 Å². The first-order valence-electron chi connectivity index (χ1n) is 11.3. The minimum Gasteiger partial charge on any atom is -0.489 e. The summed E-state index contributed by atoms with van der Waals surface area (Å²) in [6, 6.07) is 10.9. The molecule has 1 saturated carbocycles. The van der Waals surface area contributed by atoms with Gasteiger partial charge >= 0.3 is 11.9 Å². The Morgan fingerprint density at radius 3 is 2.17 bits per heavy atom. The van der Waals surface area contributed by atoms with Gasteiger partial charge in [-0.05, 0) is 55.0 Å². The first-order valence-corrected chi connectivity index (χ1v) is 12.0. The molecule has 0 aromatic heterocycles. The Morgan fingerprint density at radius 2 is 1.66 bits per heavy atom. The van der Waals surface area contributed by atoms with Gasteiger partial charge in [0.2, 0.25) is 5.91 Å². The Kier molecular flexibility index (Phi) is 8.02. The molecule has 0 heterocycles. The Balaban J connectivity index is 1.64. The van der Waals surface area contributed by atoms with Gasteiger partial charge in [-0.15, -0.1) is 0 Å². The summed E-state index contributed by atoms with van der Waals surface area (Å²) in [7, 11) is 0. The van der Waals surface area contributed by atoms with Crippen LogP contribution < -0.4 is 10.1 Å². The Labute approximate surface area is 214 Å². The number of carbonyl (C=O) groups excluding carboxylic acids is 1. The quantitative estimate of drug-likeness (QED) is 0.417. The predicted molar refractivity (Wildman–Crippen MR) is 133 cm³/mol. The molecule has 2 aromatic rings. The molecule has 1 aliphatic rings. The number of carbonyl (C=O) groups is 3. The fourth-order valence-electron chi connectivity index (χ4n) is 4.60. The Bertz CT molecular complexity index is 1100. The maximum atomic E-state index is 13.0. The van der Waals surface area contributed by atoms with Gasteiger partial charge < -0.3 is 20.3 Å². The van der Waals surface area contributed by atoms with Crippen molar-refractivity contribution >= 4 is 41.0 Å². The molecule has 3 atom stereocenters. The molecule has 9 heteroatoms. The van der Waals surface area contributed by atoms with Gasteiger partial charge in [-0.2, -0.15) is 0 Å². The fourth-order valence-corrected chi connectivity index (χ4v) is 5.10. The zero-order chi connectivity index (χ0) is 26.0.